The Morgan fingerprint density at radius 2 is 1.50 bits per heavy atom. The van der Waals surface area contributed by atoms with Crippen LogP contribution in [0.5, 0.6) is 0 Å². The van der Waals surface area contributed by atoms with Gasteiger partial charge in [0.05, 0.1) is 0 Å². The van der Waals surface area contributed by atoms with Gasteiger partial charge in [0, 0.05) is 0 Å². The van der Waals surface area contributed by atoms with Crippen LogP contribution in [0.2, 0.25) is 0 Å². The Balaban J connectivity index is 1.84. The summed E-state index contributed by atoms with van der Waals surface area (Å²) in [6.07, 6.45) is 8.10. The molecule has 0 fully saturated rings. The first kappa shape index (κ1) is 12.3. The summed E-state index contributed by atoms with van der Waals surface area (Å²) in [5.74, 6) is 2.61. The summed E-state index contributed by atoms with van der Waals surface area (Å²) in [5, 5.41) is 0. The molecule has 2 atom stereocenters. The number of hydrogen-bond acceptors (Lipinski definition) is 0. The fourth-order valence-corrected chi connectivity index (χ4v) is 3.87. The maximum atomic E-state index is 2.55. The lowest BCUT2D eigenvalue weighted by Crippen LogP contribution is -2.24. The number of aryl methyl sites for hydroxylation is 3. The van der Waals surface area contributed by atoms with E-state index in [1.807, 2.05) is 0 Å². The Morgan fingerprint density at radius 3 is 2.17 bits per heavy atom. The normalized spacial score (nSPS) is 23.9. The molecule has 2 aliphatic carbocycles. The zero-order valence-electron chi connectivity index (χ0n) is 12.1. The van der Waals surface area contributed by atoms with Crippen molar-refractivity contribution in [2.45, 2.75) is 59.3 Å². The van der Waals surface area contributed by atoms with E-state index in [1.165, 1.54) is 38.5 Å². The van der Waals surface area contributed by atoms with Crippen LogP contribution in [0.1, 0.15) is 55.9 Å². The molecular weight excluding hydrogens is 216 g/mol. The van der Waals surface area contributed by atoms with Crippen LogP contribution < -0.4 is 0 Å². The fraction of sp³-hybridized carbons (Fsp3) is 0.667. The Hall–Kier alpha value is -0.780. The molecular formula is C18H26. The number of hydrogen-bond donors (Lipinski definition) is 0. The van der Waals surface area contributed by atoms with E-state index in [9.17, 15) is 0 Å². The highest BCUT2D eigenvalue weighted by atomic mass is 14.3. The number of benzene rings is 1. The predicted octanol–water partition coefficient (Wildman–Crippen LogP) is 4.57. The van der Waals surface area contributed by atoms with Gasteiger partial charge in [0.1, 0.15) is 0 Å². The van der Waals surface area contributed by atoms with Crippen LogP contribution in [0, 0.1) is 17.8 Å². The highest BCUT2D eigenvalue weighted by molar-refractivity contribution is 5.42. The highest BCUT2D eigenvalue weighted by Gasteiger charge is 2.26. The van der Waals surface area contributed by atoms with E-state index in [0.717, 1.165) is 17.8 Å². The van der Waals surface area contributed by atoms with Gasteiger partial charge in [-0.25, -0.2) is 0 Å². The van der Waals surface area contributed by atoms with Crippen LogP contribution >= 0.6 is 0 Å². The van der Waals surface area contributed by atoms with Gasteiger partial charge in [-0.3, -0.25) is 0 Å². The van der Waals surface area contributed by atoms with E-state index in [4.69, 9.17) is 0 Å². The van der Waals surface area contributed by atoms with E-state index in [-0.39, 0.29) is 0 Å². The van der Waals surface area contributed by atoms with Crippen LogP contribution in [0.15, 0.2) is 12.1 Å². The van der Waals surface area contributed by atoms with Crippen molar-refractivity contribution in [2.24, 2.45) is 17.8 Å². The minimum Gasteiger partial charge on any atom is -0.0625 e. The number of fused-ring (bicyclic) bond motifs is 2. The van der Waals surface area contributed by atoms with E-state index in [1.54, 1.807) is 22.3 Å². The van der Waals surface area contributed by atoms with Gasteiger partial charge >= 0.3 is 0 Å². The topological polar surface area (TPSA) is 0 Å². The average Bonchev–Trinajstić information content (AvgIpc) is 2.81. The van der Waals surface area contributed by atoms with Gasteiger partial charge in [0.2, 0.25) is 0 Å². The third-order valence-corrected chi connectivity index (χ3v) is 5.48. The molecule has 0 saturated heterocycles. The zero-order valence-corrected chi connectivity index (χ0v) is 12.1. The van der Waals surface area contributed by atoms with E-state index in [0.29, 0.717) is 0 Å². The quantitative estimate of drug-likeness (QED) is 0.712. The Labute approximate surface area is 112 Å². The van der Waals surface area contributed by atoms with Gasteiger partial charge in [-0.1, -0.05) is 32.9 Å². The van der Waals surface area contributed by atoms with Gasteiger partial charge < -0.3 is 0 Å². The van der Waals surface area contributed by atoms with E-state index < -0.39 is 0 Å². The molecule has 2 aliphatic rings. The van der Waals surface area contributed by atoms with E-state index in [2.05, 4.69) is 32.9 Å². The summed E-state index contributed by atoms with van der Waals surface area (Å²) in [4.78, 5) is 0. The molecule has 0 bridgehead atoms. The second kappa shape index (κ2) is 4.72. The van der Waals surface area contributed by atoms with E-state index >= 15 is 0 Å². The average molecular weight is 242 g/mol. The lowest BCUT2D eigenvalue weighted by Gasteiger charge is -2.32. The zero-order chi connectivity index (χ0) is 12.7. The van der Waals surface area contributed by atoms with Crippen molar-refractivity contribution in [3.63, 3.8) is 0 Å². The van der Waals surface area contributed by atoms with Gasteiger partial charge in [-0.2, -0.15) is 0 Å². The Bertz CT molecular complexity index is 442. The second-order valence-electron chi connectivity index (χ2n) is 6.85. The van der Waals surface area contributed by atoms with Crippen molar-refractivity contribution in [2.75, 3.05) is 0 Å². The lowest BCUT2D eigenvalue weighted by molar-refractivity contribution is 0.252. The molecule has 1 aromatic rings. The highest BCUT2D eigenvalue weighted by Crippen LogP contribution is 2.36. The predicted molar refractivity (Wildman–Crippen MR) is 78.0 cm³/mol. The molecule has 0 heterocycles. The molecule has 0 nitrogen and oxygen atoms in total. The maximum Gasteiger partial charge on any atom is -0.0245 e. The summed E-state index contributed by atoms with van der Waals surface area (Å²) in [7, 11) is 0. The van der Waals surface area contributed by atoms with Crippen molar-refractivity contribution in [1.82, 2.24) is 0 Å². The minimum absolute atomic E-state index is 0.825. The third kappa shape index (κ3) is 2.11. The molecule has 0 aliphatic heterocycles. The summed E-state index contributed by atoms with van der Waals surface area (Å²) in [6, 6.07) is 5.09. The molecule has 0 amide bonds. The summed E-state index contributed by atoms with van der Waals surface area (Å²) in [6.45, 7) is 7.21. The number of rotatable bonds is 2. The van der Waals surface area contributed by atoms with Crippen LogP contribution in [-0.4, -0.2) is 0 Å². The largest absolute Gasteiger partial charge is 0.0625 e. The minimum atomic E-state index is 0.825. The molecule has 98 valence electrons. The second-order valence-corrected chi connectivity index (χ2v) is 6.85. The molecule has 0 aromatic heterocycles. The van der Waals surface area contributed by atoms with Crippen LogP contribution in [-0.2, 0) is 25.7 Å². The van der Waals surface area contributed by atoms with Crippen LogP contribution in [0.3, 0.4) is 0 Å². The summed E-state index contributed by atoms with van der Waals surface area (Å²) in [5.41, 5.74) is 6.66. The molecule has 3 rings (SSSR count). The molecule has 18 heavy (non-hydrogen) atoms. The van der Waals surface area contributed by atoms with Crippen LogP contribution in [0.25, 0.3) is 0 Å². The van der Waals surface area contributed by atoms with Gasteiger partial charge in [0.15, 0.2) is 0 Å². The molecule has 2 unspecified atom stereocenters. The van der Waals surface area contributed by atoms with Crippen molar-refractivity contribution >= 4 is 0 Å². The first-order valence-electron chi connectivity index (χ1n) is 7.78. The van der Waals surface area contributed by atoms with Crippen molar-refractivity contribution in [3.8, 4) is 0 Å². The molecule has 0 spiro atoms. The van der Waals surface area contributed by atoms with Crippen molar-refractivity contribution in [1.29, 1.82) is 0 Å². The molecule has 0 N–H and O–H groups in total. The smallest absolute Gasteiger partial charge is 0.0245 e. The monoisotopic (exact) mass is 242 g/mol. The van der Waals surface area contributed by atoms with Gasteiger partial charge in [-0.15, -0.1) is 0 Å². The van der Waals surface area contributed by atoms with Crippen molar-refractivity contribution < 1.29 is 0 Å². The molecule has 0 radical (unpaired) electrons. The first-order chi connectivity index (χ1) is 8.65. The third-order valence-electron chi connectivity index (χ3n) is 5.48. The molecule has 0 heteroatoms. The maximum absolute atomic E-state index is 2.55. The molecule has 0 saturated carbocycles. The summed E-state index contributed by atoms with van der Waals surface area (Å²) >= 11 is 0. The first-order valence-corrected chi connectivity index (χ1v) is 7.78. The standard InChI is InChI=1S/C18H26/c1-12(2)13(3)14-7-8-17-10-15-5-4-6-16(15)11-18(17)9-14/h10-14H,4-9H2,1-3H3. The SMILES string of the molecule is CC(C)C(C)C1CCc2cc3c(cc2C1)CCC3. The van der Waals surface area contributed by atoms with Gasteiger partial charge in [0.25, 0.3) is 0 Å². The Kier molecular flexibility index (Phi) is 3.21. The summed E-state index contributed by atoms with van der Waals surface area (Å²) < 4.78 is 0. The lowest BCUT2D eigenvalue weighted by atomic mass is 9.73. The molecule has 1 aromatic carbocycles. The van der Waals surface area contributed by atoms with Gasteiger partial charge in [-0.05, 0) is 78.5 Å². The fourth-order valence-electron chi connectivity index (χ4n) is 3.87. The van der Waals surface area contributed by atoms with Crippen molar-refractivity contribution in [3.05, 3.63) is 34.4 Å². The van der Waals surface area contributed by atoms with Crippen LogP contribution in [0.4, 0.5) is 0 Å². The Morgan fingerprint density at radius 1 is 0.889 bits per heavy atom.